The standard InChI is InChI=1S/C23H23N5O2/c1-14-6-4-7-15(12-14)28-21(24)19(23(29)25-13-16-8-5-11-30-16)20-22(28)27-18-10-3-2-9-17(18)26-20/h2-4,6-7,9-10,12,16H,5,8,11,13,24H2,1H3,(H,25,29)/t16-/m1/s1. The van der Waals surface area contributed by atoms with Crippen LogP contribution >= 0.6 is 0 Å². The van der Waals surface area contributed by atoms with Gasteiger partial charge in [-0.25, -0.2) is 9.97 Å². The molecule has 152 valence electrons. The number of benzene rings is 2. The van der Waals surface area contributed by atoms with Crippen molar-refractivity contribution < 1.29 is 9.53 Å². The number of aromatic nitrogens is 3. The maximum absolute atomic E-state index is 13.2. The molecule has 5 rings (SSSR count). The Labute approximate surface area is 173 Å². The predicted molar refractivity (Wildman–Crippen MR) is 117 cm³/mol. The average molecular weight is 401 g/mol. The Morgan fingerprint density at radius 3 is 2.73 bits per heavy atom. The molecule has 0 bridgehead atoms. The Kier molecular flexibility index (Phi) is 4.59. The Balaban J connectivity index is 1.67. The van der Waals surface area contributed by atoms with Crippen LogP contribution in [0.2, 0.25) is 0 Å². The lowest BCUT2D eigenvalue weighted by molar-refractivity contribution is 0.0859. The van der Waals surface area contributed by atoms with Gasteiger partial charge < -0.3 is 15.8 Å². The molecule has 1 amide bonds. The van der Waals surface area contributed by atoms with Gasteiger partial charge in [0.25, 0.3) is 5.91 Å². The van der Waals surface area contributed by atoms with Gasteiger partial charge in [0, 0.05) is 18.8 Å². The Bertz CT molecular complexity index is 1260. The maximum Gasteiger partial charge on any atom is 0.257 e. The van der Waals surface area contributed by atoms with Crippen molar-refractivity contribution in [2.24, 2.45) is 0 Å². The molecule has 3 heterocycles. The molecule has 0 unspecified atom stereocenters. The number of ether oxygens (including phenoxy) is 1. The number of carbonyl (C=O) groups excluding carboxylic acids is 1. The van der Waals surface area contributed by atoms with E-state index in [-0.39, 0.29) is 12.0 Å². The molecule has 2 aromatic heterocycles. The highest BCUT2D eigenvalue weighted by Crippen LogP contribution is 2.31. The van der Waals surface area contributed by atoms with Crippen molar-refractivity contribution in [1.29, 1.82) is 0 Å². The zero-order chi connectivity index (χ0) is 20.7. The number of nitrogens with zero attached hydrogens (tertiary/aromatic N) is 3. The lowest BCUT2D eigenvalue weighted by atomic mass is 10.2. The number of rotatable bonds is 4. The molecule has 0 spiro atoms. The number of anilines is 1. The highest BCUT2D eigenvalue weighted by atomic mass is 16.5. The Hall–Kier alpha value is -3.45. The van der Waals surface area contributed by atoms with Crippen molar-refractivity contribution in [3.8, 4) is 5.69 Å². The molecule has 1 saturated heterocycles. The second kappa shape index (κ2) is 7.42. The molecule has 1 fully saturated rings. The minimum atomic E-state index is -0.260. The summed E-state index contributed by atoms with van der Waals surface area (Å²) in [4.78, 5) is 22.7. The zero-order valence-corrected chi connectivity index (χ0v) is 16.8. The summed E-state index contributed by atoms with van der Waals surface area (Å²) in [7, 11) is 0. The van der Waals surface area contributed by atoms with Crippen molar-refractivity contribution in [2.45, 2.75) is 25.9 Å². The fourth-order valence-electron chi connectivity index (χ4n) is 4.01. The molecule has 1 aliphatic rings. The molecular formula is C23H23N5O2. The van der Waals surface area contributed by atoms with Gasteiger partial charge in [0.15, 0.2) is 5.65 Å². The molecule has 1 aliphatic heterocycles. The van der Waals surface area contributed by atoms with Crippen molar-refractivity contribution in [2.75, 3.05) is 18.9 Å². The third-order valence-corrected chi connectivity index (χ3v) is 5.50. The summed E-state index contributed by atoms with van der Waals surface area (Å²) in [5.41, 5.74) is 11.4. The topological polar surface area (TPSA) is 95.1 Å². The number of hydrogen-bond acceptors (Lipinski definition) is 5. The van der Waals surface area contributed by atoms with Gasteiger partial charge in [-0.15, -0.1) is 0 Å². The molecule has 0 radical (unpaired) electrons. The highest BCUT2D eigenvalue weighted by molar-refractivity contribution is 6.11. The van der Waals surface area contributed by atoms with E-state index in [2.05, 4.69) is 5.32 Å². The molecule has 1 atom stereocenters. The molecule has 4 aromatic rings. The first-order valence-corrected chi connectivity index (χ1v) is 10.2. The van der Waals surface area contributed by atoms with Gasteiger partial charge in [0.1, 0.15) is 16.9 Å². The summed E-state index contributed by atoms with van der Waals surface area (Å²) < 4.78 is 7.43. The van der Waals surface area contributed by atoms with Gasteiger partial charge in [-0.05, 0) is 49.6 Å². The van der Waals surface area contributed by atoms with Gasteiger partial charge >= 0.3 is 0 Å². The first-order valence-electron chi connectivity index (χ1n) is 10.2. The third kappa shape index (κ3) is 3.17. The van der Waals surface area contributed by atoms with Crippen molar-refractivity contribution in [1.82, 2.24) is 19.9 Å². The van der Waals surface area contributed by atoms with Gasteiger partial charge in [-0.2, -0.15) is 0 Å². The van der Waals surface area contributed by atoms with E-state index in [9.17, 15) is 4.79 Å². The van der Waals surface area contributed by atoms with Crippen LogP contribution in [0.3, 0.4) is 0 Å². The van der Waals surface area contributed by atoms with Crippen LogP contribution in [0.4, 0.5) is 5.82 Å². The maximum atomic E-state index is 13.2. The zero-order valence-electron chi connectivity index (χ0n) is 16.8. The van der Waals surface area contributed by atoms with E-state index in [0.717, 1.165) is 41.7 Å². The van der Waals surface area contributed by atoms with Crippen molar-refractivity contribution >= 4 is 33.9 Å². The second-order valence-electron chi connectivity index (χ2n) is 7.66. The number of para-hydroxylation sites is 2. The molecular weight excluding hydrogens is 378 g/mol. The molecule has 0 saturated carbocycles. The SMILES string of the molecule is Cc1cccc(-n2c(N)c(C(=O)NC[C@H]3CCCO3)c3nc4ccccc4nc32)c1. The number of nitrogens with two attached hydrogens (primary N) is 1. The molecule has 3 N–H and O–H groups in total. The average Bonchev–Trinajstić information content (AvgIpc) is 3.35. The second-order valence-corrected chi connectivity index (χ2v) is 7.66. The largest absolute Gasteiger partial charge is 0.384 e. The van der Waals surface area contributed by atoms with Gasteiger partial charge in [-0.3, -0.25) is 9.36 Å². The van der Waals surface area contributed by atoms with Crippen LogP contribution < -0.4 is 11.1 Å². The summed E-state index contributed by atoms with van der Waals surface area (Å²) in [6, 6.07) is 15.6. The number of aryl methyl sites for hydroxylation is 1. The third-order valence-electron chi connectivity index (χ3n) is 5.50. The predicted octanol–water partition coefficient (Wildman–Crippen LogP) is 3.37. The Morgan fingerprint density at radius 1 is 1.20 bits per heavy atom. The monoisotopic (exact) mass is 401 g/mol. The molecule has 0 aliphatic carbocycles. The van der Waals surface area contributed by atoms with Crippen LogP contribution in [-0.4, -0.2) is 39.7 Å². The molecule has 7 nitrogen and oxygen atoms in total. The quantitative estimate of drug-likeness (QED) is 0.547. The van der Waals surface area contributed by atoms with E-state index >= 15 is 0 Å². The molecule has 2 aromatic carbocycles. The fourth-order valence-corrected chi connectivity index (χ4v) is 4.01. The van der Waals surface area contributed by atoms with Crippen LogP contribution in [0, 0.1) is 6.92 Å². The van der Waals surface area contributed by atoms with Gasteiger partial charge in [-0.1, -0.05) is 24.3 Å². The van der Waals surface area contributed by atoms with Crippen LogP contribution in [0.1, 0.15) is 28.8 Å². The lowest BCUT2D eigenvalue weighted by Crippen LogP contribution is -2.32. The fraction of sp³-hybridized carbons (Fsp3) is 0.261. The summed E-state index contributed by atoms with van der Waals surface area (Å²) in [5, 5.41) is 2.97. The van der Waals surface area contributed by atoms with Crippen molar-refractivity contribution in [3.63, 3.8) is 0 Å². The number of nitrogen functional groups attached to an aromatic ring is 1. The van der Waals surface area contributed by atoms with E-state index in [0.29, 0.717) is 29.1 Å². The van der Waals surface area contributed by atoms with E-state index in [1.54, 1.807) is 0 Å². The number of nitrogens with one attached hydrogen (secondary N) is 1. The number of amides is 1. The van der Waals surface area contributed by atoms with Crippen LogP contribution in [-0.2, 0) is 4.74 Å². The summed E-state index contributed by atoms with van der Waals surface area (Å²) in [6.07, 6.45) is 2.02. The summed E-state index contributed by atoms with van der Waals surface area (Å²) in [5.74, 6) is 0.0692. The van der Waals surface area contributed by atoms with Crippen LogP contribution in [0.15, 0.2) is 48.5 Å². The molecule has 30 heavy (non-hydrogen) atoms. The first kappa shape index (κ1) is 18.6. The lowest BCUT2D eigenvalue weighted by Gasteiger charge is -2.11. The van der Waals surface area contributed by atoms with Crippen molar-refractivity contribution in [3.05, 3.63) is 59.7 Å². The number of hydrogen-bond donors (Lipinski definition) is 2. The van der Waals surface area contributed by atoms with E-state index in [4.69, 9.17) is 20.4 Å². The highest BCUT2D eigenvalue weighted by Gasteiger charge is 2.26. The van der Waals surface area contributed by atoms with Gasteiger partial charge in [0.2, 0.25) is 0 Å². The first-order chi connectivity index (χ1) is 14.6. The van der Waals surface area contributed by atoms with Crippen LogP contribution in [0.25, 0.3) is 27.9 Å². The Morgan fingerprint density at radius 2 is 2.00 bits per heavy atom. The summed E-state index contributed by atoms with van der Waals surface area (Å²) >= 11 is 0. The normalized spacial score (nSPS) is 16.4. The molecule has 7 heteroatoms. The minimum Gasteiger partial charge on any atom is -0.384 e. The summed E-state index contributed by atoms with van der Waals surface area (Å²) in [6.45, 7) is 3.21. The smallest absolute Gasteiger partial charge is 0.257 e. The van der Waals surface area contributed by atoms with Crippen LogP contribution in [0.5, 0.6) is 0 Å². The minimum absolute atomic E-state index is 0.0483. The number of fused-ring (bicyclic) bond motifs is 2. The van der Waals surface area contributed by atoms with E-state index in [1.807, 2.05) is 60.0 Å². The number of carbonyl (C=O) groups is 1. The van der Waals surface area contributed by atoms with E-state index in [1.165, 1.54) is 0 Å². The van der Waals surface area contributed by atoms with E-state index < -0.39 is 0 Å². The van der Waals surface area contributed by atoms with Gasteiger partial charge in [0.05, 0.1) is 17.1 Å².